The smallest absolute Gasteiger partial charge is 0.338 e. The topological polar surface area (TPSA) is 3.24 Å². The minimum absolute atomic E-state index is 0.00716. The maximum absolute atomic E-state index is 2.79. The fraction of sp³-hybridized carbons (Fsp3) is 1.00. The third-order valence-electron chi connectivity index (χ3n) is 3.81. The van der Waals surface area contributed by atoms with E-state index in [1.54, 1.807) is 0 Å². The minimum atomic E-state index is 0.00716. The predicted molar refractivity (Wildman–Crippen MR) is 65.9 cm³/mol. The Labute approximate surface area is 91.8 Å². The lowest BCUT2D eigenvalue weighted by Gasteiger charge is -2.32. The number of nitrogens with zero attached hydrogens (tertiary/aromatic N) is 2. The van der Waals surface area contributed by atoms with E-state index in [0.717, 1.165) is 0 Å². The molecule has 0 spiro atoms. The second-order valence-electron chi connectivity index (χ2n) is 4.66. The lowest BCUT2D eigenvalue weighted by Crippen LogP contribution is -2.49. The highest BCUT2D eigenvalue weighted by Gasteiger charge is 2.33. The first kappa shape index (κ1) is 12.2. The van der Waals surface area contributed by atoms with E-state index >= 15 is 0 Å². The highest BCUT2D eigenvalue weighted by Crippen LogP contribution is 2.14. The summed E-state index contributed by atoms with van der Waals surface area (Å²) in [5, 5.41) is 0. The number of hydrogen-bond donors (Lipinski definition) is 0. The summed E-state index contributed by atoms with van der Waals surface area (Å²) in [7, 11) is 0.00716. The lowest BCUT2D eigenvalue weighted by molar-refractivity contribution is -0.811. The molecule has 0 aromatic heterocycles. The van der Waals surface area contributed by atoms with Gasteiger partial charge in [-0.2, -0.15) is 0 Å². The van der Waals surface area contributed by atoms with E-state index in [0.29, 0.717) is 0 Å². The number of likely N-dealkylation sites (N-methyl/N-ethyl adjacent to an activating group) is 1. The van der Waals surface area contributed by atoms with Gasteiger partial charge in [0.2, 0.25) is 0 Å². The van der Waals surface area contributed by atoms with Crippen molar-refractivity contribution in [3.8, 4) is 0 Å². The highest BCUT2D eigenvalue weighted by atomic mass is 28.2. The summed E-state index contributed by atoms with van der Waals surface area (Å²) in [5.74, 6) is 0. The Hall–Kier alpha value is 0.137. The summed E-state index contributed by atoms with van der Waals surface area (Å²) in [6.07, 6.45) is 4.21. The molecule has 2 nitrogen and oxygen atoms in total. The second kappa shape index (κ2) is 5.88. The summed E-state index contributed by atoms with van der Waals surface area (Å²) in [6.45, 7) is 14.0. The van der Waals surface area contributed by atoms with E-state index in [4.69, 9.17) is 0 Å². The highest BCUT2D eigenvalue weighted by molar-refractivity contribution is 6.23. The zero-order valence-corrected chi connectivity index (χ0v) is 11.7. The summed E-state index contributed by atoms with van der Waals surface area (Å²) in [4.78, 5) is 0. The summed E-state index contributed by atoms with van der Waals surface area (Å²) < 4.78 is 4.26. The molecule has 0 aromatic rings. The summed E-state index contributed by atoms with van der Waals surface area (Å²) in [6, 6.07) is 0. The monoisotopic (exact) mass is 215 g/mol. The van der Waals surface area contributed by atoms with Crippen LogP contribution in [0.3, 0.4) is 0 Å². The lowest BCUT2D eigenvalue weighted by atomic mass is 10.2. The van der Waals surface area contributed by atoms with Crippen LogP contribution in [0.1, 0.15) is 40.0 Å². The van der Waals surface area contributed by atoms with Gasteiger partial charge < -0.3 is 4.15 Å². The molecule has 0 saturated carbocycles. The van der Waals surface area contributed by atoms with Crippen LogP contribution in [0.5, 0.6) is 0 Å². The molecule has 0 N–H and O–H groups in total. The van der Waals surface area contributed by atoms with Crippen molar-refractivity contribution in [3.05, 3.63) is 0 Å². The molecule has 1 aliphatic rings. The van der Waals surface area contributed by atoms with Crippen molar-refractivity contribution in [1.82, 2.24) is 4.57 Å². The molecule has 1 heterocycles. The first-order valence-electron chi connectivity index (χ1n) is 6.33. The largest absolute Gasteiger partial charge is 0.375 e. The van der Waals surface area contributed by atoms with Crippen LogP contribution in [0, 0.1) is 0 Å². The van der Waals surface area contributed by atoms with Crippen molar-refractivity contribution >= 4 is 9.84 Å². The quantitative estimate of drug-likeness (QED) is 0.477. The molecule has 1 aliphatic heterocycles. The molecule has 0 aromatic carbocycles. The molecule has 84 valence electrons. The Morgan fingerprint density at radius 1 is 1.14 bits per heavy atom. The fourth-order valence-corrected chi connectivity index (χ4v) is 4.61. The first-order chi connectivity index (χ1) is 6.76. The molecule has 0 atom stereocenters. The van der Waals surface area contributed by atoms with Crippen LogP contribution in [0.25, 0.3) is 0 Å². The number of unbranched alkanes of at least 4 members (excludes halogenated alkanes) is 2. The van der Waals surface area contributed by atoms with Gasteiger partial charge in [0.05, 0.1) is 19.6 Å². The molecule has 0 amide bonds. The normalized spacial score (nSPS) is 23.4. The van der Waals surface area contributed by atoms with Gasteiger partial charge in [0.15, 0.2) is 0 Å². The van der Waals surface area contributed by atoms with Crippen molar-refractivity contribution in [2.45, 2.75) is 40.0 Å². The molecule has 0 aliphatic carbocycles. The standard InChI is InChI=1S/C11H27N2Si/c1-4-7-8-9-12-10-11-13(5-2,6-3)14-12/h4-11,14H2,1-3H3/q+1. The Morgan fingerprint density at radius 2 is 1.86 bits per heavy atom. The van der Waals surface area contributed by atoms with Crippen LogP contribution in [-0.2, 0) is 0 Å². The Morgan fingerprint density at radius 3 is 2.36 bits per heavy atom. The van der Waals surface area contributed by atoms with E-state index in [9.17, 15) is 0 Å². The van der Waals surface area contributed by atoms with Crippen LogP contribution in [0.2, 0.25) is 0 Å². The van der Waals surface area contributed by atoms with Gasteiger partial charge in [0, 0.05) is 6.54 Å². The Kier molecular flexibility index (Phi) is 5.13. The van der Waals surface area contributed by atoms with Gasteiger partial charge >= 0.3 is 9.84 Å². The third kappa shape index (κ3) is 3.07. The molecular formula is C11H27N2Si+. The average molecular weight is 215 g/mol. The summed E-state index contributed by atoms with van der Waals surface area (Å²) >= 11 is 0. The van der Waals surface area contributed by atoms with Gasteiger partial charge in [-0.05, 0) is 26.8 Å². The maximum atomic E-state index is 2.79. The van der Waals surface area contributed by atoms with E-state index in [-0.39, 0.29) is 9.84 Å². The van der Waals surface area contributed by atoms with E-state index in [1.807, 2.05) is 0 Å². The molecule has 3 heteroatoms. The molecule has 14 heavy (non-hydrogen) atoms. The van der Waals surface area contributed by atoms with Crippen LogP contribution in [-0.4, -0.2) is 51.3 Å². The van der Waals surface area contributed by atoms with Crippen molar-refractivity contribution in [2.75, 3.05) is 32.7 Å². The molecule has 0 bridgehead atoms. The molecule has 1 saturated heterocycles. The molecule has 1 fully saturated rings. The van der Waals surface area contributed by atoms with Gasteiger partial charge in [-0.1, -0.05) is 19.8 Å². The summed E-state index contributed by atoms with van der Waals surface area (Å²) in [5.41, 5.74) is 0. The number of hydrogen-bond acceptors (Lipinski definition) is 1. The second-order valence-corrected chi connectivity index (χ2v) is 7.18. The van der Waals surface area contributed by atoms with Crippen molar-refractivity contribution in [1.29, 1.82) is 0 Å². The van der Waals surface area contributed by atoms with Crippen LogP contribution >= 0.6 is 0 Å². The van der Waals surface area contributed by atoms with E-state index in [2.05, 4.69) is 25.3 Å². The van der Waals surface area contributed by atoms with Crippen LogP contribution in [0.4, 0.5) is 0 Å². The van der Waals surface area contributed by atoms with Gasteiger partial charge in [0.1, 0.15) is 0 Å². The predicted octanol–water partition coefficient (Wildman–Crippen LogP) is 1.35. The SMILES string of the molecule is CCCCCN1CC[N+](CC)(CC)[SiH2]1. The first-order valence-corrected chi connectivity index (χ1v) is 7.60. The van der Waals surface area contributed by atoms with Crippen molar-refractivity contribution in [3.63, 3.8) is 0 Å². The Balaban J connectivity index is 2.25. The third-order valence-corrected chi connectivity index (χ3v) is 6.65. The number of rotatable bonds is 6. The zero-order valence-electron chi connectivity index (χ0n) is 10.3. The fourth-order valence-electron chi connectivity index (χ4n) is 2.43. The maximum Gasteiger partial charge on any atom is 0.338 e. The van der Waals surface area contributed by atoms with Crippen LogP contribution in [0.15, 0.2) is 0 Å². The molecule has 0 radical (unpaired) electrons. The van der Waals surface area contributed by atoms with Gasteiger partial charge in [-0.25, -0.2) is 0 Å². The molecule has 1 rings (SSSR count). The van der Waals surface area contributed by atoms with Gasteiger partial charge in [-0.15, -0.1) is 0 Å². The number of quaternary nitrogens is 1. The minimum Gasteiger partial charge on any atom is -0.375 e. The Bertz CT molecular complexity index is 157. The van der Waals surface area contributed by atoms with Gasteiger partial charge in [0.25, 0.3) is 0 Å². The van der Waals surface area contributed by atoms with Crippen molar-refractivity contribution in [2.24, 2.45) is 0 Å². The van der Waals surface area contributed by atoms with E-state index < -0.39 is 0 Å². The molecule has 0 unspecified atom stereocenters. The zero-order chi connectivity index (χ0) is 10.4. The van der Waals surface area contributed by atoms with Crippen LogP contribution < -0.4 is 0 Å². The van der Waals surface area contributed by atoms with Gasteiger partial charge in [-0.3, -0.25) is 4.57 Å². The van der Waals surface area contributed by atoms with Crippen molar-refractivity contribution < 1.29 is 4.15 Å². The van der Waals surface area contributed by atoms with E-state index in [1.165, 1.54) is 56.1 Å². The average Bonchev–Trinajstić information content (AvgIpc) is 2.63. The molecular weight excluding hydrogens is 188 g/mol.